The first kappa shape index (κ1) is 13.4. The summed E-state index contributed by atoms with van der Waals surface area (Å²) in [7, 11) is 0. The molecule has 1 aliphatic carbocycles. The van der Waals surface area contributed by atoms with Crippen molar-refractivity contribution in [3.63, 3.8) is 0 Å². The molecule has 1 fully saturated rings. The van der Waals surface area contributed by atoms with Crippen molar-refractivity contribution in [1.29, 1.82) is 0 Å². The Balaban J connectivity index is 2.04. The number of nitrogens with two attached hydrogens (primary N) is 1. The lowest BCUT2D eigenvalue weighted by molar-refractivity contribution is -0.120. The molecule has 1 aliphatic rings. The van der Waals surface area contributed by atoms with Gasteiger partial charge >= 0.3 is 0 Å². The zero-order valence-corrected chi connectivity index (χ0v) is 11.3. The Labute approximate surface area is 113 Å². The second kappa shape index (κ2) is 5.72. The van der Waals surface area contributed by atoms with Gasteiger partial charge in [-0.25, -0.2) is 0 Å². The minimum absolute atomic E-state index is 0.0344. The molecule has 2 atom stereocenters. The summed E-state index contributed by atoms with van der Waals surface area (Å²) in [6.07, 6.45) is 3.78. The van der Waals surface area contributed by atoms with Crippen molar-refractivity contribution in [3.05, 3.63) is 28.8 Å². The molecule has 1 aromatic rings. The van der Waals surface area contributed by atoms with Gasteiger partial charge in [0.2, 0.25) is 5.91 Å². The summed E-state index contributed by atoms with van der Waals surface area (Å²) in [4.78, 5) is 12.2. The van der Waals surface area contributed by atoms with Gasteiger partial charge in [-0.15, -0.1) is 0 Å². The summed E-state index contributed by atoms with van der Waals surface area (Å²) in [6, 6.07) is 5.71. The predicted molar refractivity (Wildman–Crippen MR) is 74.8 cm³/mol. The Kier molecular flexibility index (Phi) is 4.25. The highest BCUT2D eigenvalue weighted by Crippen LogP contribution is 2.27. The lowest BCUT2D eigenvalue weighted by atomic mass is 9.85. The van der Waals surface area contributed by atoms with Gasteiger partial charge in [-0.3, -0.25) is 4.79 Å². The normalized spacial score (nSPS) is 23.7. The van der Waals surface area contributed by atoms with Crippen LogP contribution in [0.2, 0.25) is 5.02 Å². The summed E-state index contributed by atoms with van der Waals surface area (Å²) >= 11 is 6.03. The van der Waals surface area contributed by atoms with E-state index in [4.69, 9.17) is 17.3 Å². The first-order chi connectivity index (χ1) is 8.58. The molecule has 98 valence electrons. The molecule has 4 heteroatoms. The zero-order valence-electron chi connectivity index (χ0n) is 10.6. The number of anilines is 1. The number of nitrogens with one attached hydrogen (secondary N) is 1. The molecule has 1 aromatic carbocycles. The molecule has 2 rings (SSSR count). The van der Waals surface area contributed by atoms with Crippen LogP contribution < -0.4 is 11.1 Å². The molecule has 0 aromatic heterocycles. The fourth-order valence-electron chi connectivity index (χ4n) is 2.44. The third-order valence-electron chi connectivity index (χ3n) is 3.61. The Morgan fingerprint density at radius 3 is 2.94 bits per heavy atom. The van der Waals surface area contributed by atoms with Crippen molar-refractivity contribution < 1.29 is 4.79 Å². The largest absolute Gasteiger partial charge is 0.328 e. The molecular formula is C14H19ClN2O. The van der Waals surface area contributed by atoms with Crippen molar-refractivity contribution in [2.75, 3.05) is 5.32 Å². The minimum atomic E-state index is 0.0344. The van der Waals surface area contributed by atoms with E-state index in [2.05, 4.69) is 5.32 Å². The summed E-state index contributed by atoms with van der Waals surface area (Å²) in [6.45, 7) is 1.91. The van der Waals surface area contributed by atoms with Gasteiger partial charge in [-0.1, -0.05) is 24.1 Å². The number of halogens is 1. The van der Waals surface area contributed by atoms with Gasteiger partial charge in [-0.05, 0) is 43.9 Å². The number of hydrogen-bond acceptors (Lipinski definition) is 2. The fourth-order valence-corrected chi connectivity index (χ4v) is 2.62. The smallest absolute Gasteiger partial charge is 0.227 e. The molecule has 0 spiro atoms. The van der Waals surface area contributed by atoms with Crippen LogP contribution in [0.15, 0.2) is 18.2 Å². The van der Waals surface area contributed by atoms with E-state index >= 15 is 0 Å². The van der Waals surface area contributed by atoms with Crippen LogP contribution in [-0.4, -0.2) is 11.9 Å². The van der Waals surface area contributed by atoms with E-state index in [1.54, 1.807) is 0 Å². The molecule has 0 aliphatic heterocycles. The van der Waals surface area contributed by atoms with Gasteiger partial charge in [0.15, 0.2) is 0 Å². The molecular weight excluding hydrogens is 248 g/mol. The summed E-state index contributed by atoms with van der Waals surface area (Å²) in [5.41, 5.74) is 7.62. The standard InChI is InChI=1S/C14H19ClN2O/c1-9-12(15)6-3-7-13(9)17-14(18)10-4-2-5-11(16)8-10/h3,6-7,10-11H,2,4-5,8,16H2,1H3,(H,17,18). The van der Waals surface area contributed by atoms with Gasteiger partial charge in [0.1, 0.15) is 0 Å². The Morgan fingerprint density at radius 2 is 2.22 bits per heavy atom. The van der Waals surface area contributed by atoms with E-state index in [0.717, 1.165) is 36.9 Å². The average molecular weight is 267 g/mol. The molecule has 2 unspecified atom stereocenters. The van der Waals surface area contributed by atoms with Crippen LogP contribution in [0, 0.1) is 12.8 Å². The van der Waals surface area contributed by atoms with Crippen LogP contribution in [0.3, 0.4) is 0 Å². The van der Waals surface area contributed by atoms with E-state index < -0.39 is 0 Å². The Morgan fingerprint density at radius 1 is 1.44 bits per heavy atom. The van der Waals surface area contributed by atoms with Gasteiger partial charge in [0, 0.05) is 22.7 Å². The van der Waals surface area contributed by atoms with E-state index in [1.165, 1.54) is 0 Å². The molecule has 0 radical (unpaired) electrons. The van der Waals surface area contributed by atoms with Crippen molar-refractivity contribution in [2.24, 2.45) is 11.7 Å². The van der Waals surface area contributed by atoms with Gasteiger partial charge in [-0.2, -0.15) is 0 Å². The Hall–Kier alpha value is -1.06. The summed E-state index contributed by atoms with van der Waals surface area (Å²) in [5.74, 6) is 0.0997. The van der Waals surface area contributed by atoms with Crippen molar-refractivity contribution in [3.8, 4) is 0 Å². The second-order valence-corrected chi connectivity index (χ2v) is 5.43. The molecule has 3 N–H and O–H groups in total. The summed E-state index contributed by atoms with van der Waals surface area (Å²) < 4.78 is 0. The number of rotatable bonds is 2. The van der Waals surface area contributed by atoms with E-state index in [-0.39, 0.29) is 17.9 Å². The highest BCUT2D eigenvalue weighted by atomic mass is 35.5. The third-order valence-corrected chi connectivity index (χ3v) is 4.02. The monoisotopic (exact) mass is 266 g/mol. The molecule has 1 saturated carbocycles. The van der Waals surface area contributed by atoms with Crippen molar-refractivity contribution in [2.45, 2.75) is 38.6 Å². The predicted octanol–water partition coefficient (Wildman–Crippen LogP) is 3.10. The molecule has 0 heterocycles. The number of carbonyl (C=O) groups is 1. The van der Waals surface area contributed by atoms with Crippen LogP contribution in [0.4, 0.5) is 5.69 Å². The van der Waals surface area contributed by atoms with Crippen LogP contribution >= 0.6 is 11.6 Å². The molecule has 3 nitrogen and oxygen atoms in total. The maximum atomic E-state index is 12.2. The minimum Gasteiger partial charge on any atom is -0.328 e. The van der Waals surface area contributed by atoms with E-state index in [9.17, 15) is 4.79 Å². The van der Waals surface area contributed by atoms with E-state index in [1.807, 2.05) is 25.1 Å². The number of hydrogen-bond donors (Lipinski definition) is 2. The van der Waals surface area contributed by atoms with Crippen LogP contribution in [-0.2, 0) is 4.79 Å². The molecule has 18 heavy (non-hydrogen) atoms. The second-order valence-electron chi connectivity index (χ2n) is 5.03. The van der Waals surface area contributed by atoms with Crippen LogP contribution in [0.5, 0.6) is 0 Å². The highest BCUT2D eigenvalue weighted by molar-refractivity contribution is 6.31. The maximum absolute atomic E-state index is 12.2. The first-order valence-corrected chi connectivity index (χ1v) is 6.77. The topological polar surface area (TPSA) is 55.1 Å². The highest BCUT2D eigenvalue weighted by Gasteiger charge is 2.25. The van der Waals surface area contributed by atoms with E-state index in [0.29, 0.717) is 5.02 Å². The van der Waals surface area contributed by atoms with Gasteiger partial charge in [0.25, 0.3) is 0 Å². The zero-order chi connectivity index (χ0) is 13.1. The van der Waals surface area contributed by atoms with Gasteiger partial charge < -0.3 is 11.1 Å². The average Bonchev–Trinajstić information content (AvgIpc) is 2.35. The van der Waals surface area contributed by atoms with Crippen LogP contribution in [0.1, 0.15) is 31.2 Å². The molecule has 0 bridgehead atoms. The van der Waals surface area contributed by atoms with Crippen LogP contribution in [0.25, 0.3) is 0 Å². The number of benzene rings is 1. The lowest BCUT2D eigenvalue weighted by Crippen LogP contribution is -2.34. The molecule has 1 amide bonds. The number of amides is 1. The maximum Gasteiger partial charge on any atom is 0.227 e. The van der Waals surface area contributed by atoms with Crippen molar-refractivity contribution >= 4 is 23.2 Å². The SMILES string of the molecule is Cc1c(Cl)cccc1NC(=O)C1CCCC(N)C1. The third kappa shape index (κ3) is 3.03. The summed E-state index contributed by atoms with van der Waals surface area (Å²) in [5, 5.41) is 3.64. The van der Waals surface area contributed by atoms with Gasteiger partial charge in [0.05, 0.1) is 0 Å². The van der Waals surface area contributed by atoms with Crippen molar-refractivity contribution in [1.82, 2.24) is 0 Å². The first-order valence-electron chi connectivity index (χ1n) is 6.39. The Bertz CT molecular complexity index is 447. The quantitative estimate of drug-likeness (QED) is 0.864. The number of carbonyl (C=O) groups excluding carboxylic acids is 1. The fraction of sp³-hybridized carbons (Fsp3) is 0.500. The molecule has 0 saturated heterocycles. The lowest BCUT2D eigenvalue weighted by Gasteiger charge is -2.26.